The second kappa shape index (κ2) is 12.9. The van der Waals surface area contributed by atoms with Crippen molar-refractivity contribution in [1.82, 2.24) is 0 Å². The summed E-state index contributed by atoms with van der Waals surface area (Å²) in [5, 5.41) is 10.0. The summed E-state index contributed by atoms with van der Waals surface area (Å²) in [6.45, 7) is 42.3. The van der Waals surface area contributed by atoms with Crippen molar-refractivity contribution >= 4 is 77.8 Å². The van der Waals surface area contributed by atoms with Crippen molar-refractivity contribution < 1.29 is 0 Å². The summed E-state index contributed by atoms with van der Waals surface area (Å²) in [6, 6.07) is 24.6. The van der Waals surface area contributed by atoms with E-state index >= 15 is 0 Å². The molecule has 0 fully saturated rings. The smallest absolute Gasteiger partial charge is 0.0656 e. The van der Waals surface area contributed by atoms with Gasteiger partial charge in [0, 0.05) is 5.92 Å². The molecule has 0 aliphatic heterocycles. The normalized spacial score (nSPS) is 16.7. The van der Waals surface area contributed by atoms with E-state index in [1.807, 2.05) is 0 Å². The standard InChI is InChI=1S/C41H64Si5/c1-28-18-29(2)20-33(19-28)41-32(5)30(3)31(4)40(41)27-42(34-21-36(43(6,7)8)25-37(22-34)44(9,10)11)35-23-38(45(12,13)14)26-39(24-35)46(15,16)17/h18-26,40,42H,27H2,1-17H3. The first-order valence-corrected chi connectivity index (χ1v) is 33.6. The highest BCUT2D eigenvalue weighted by atomic mass is 28.3. The van der Waals surface area contributed by atoms with Crippen LogP contribution in [0.5, 0.6) is 0 Å². The number of benzene rings is 3. The summed E-state index contributed by atoms with van der Waals surface area (Å²) >= 11 is 0. The molecule has 3 aromatic rings. The Morgan fingerprint density at radius 1 is 0.457 bits per heavy atom. The second-order valence-electron chi connectivity index (χ2n) is 18.8. The number of hydrogen-bond acceptors (Lipinski definition) is 0. The molecule has 0 nitrogen and oxygen atoms in total. The van der Waals surface area contributed by atoms with Crippen LogP contribution in [-0.4, -0.2) is 41.1 Å². The van der Waals surface area contributed by atoms with E-state index in [0.29, 0.717) is 5.92 Å². The predicted molar refractivity (Wildman–Crippen MR) is 226 cm³/mol. The van der Waals surface area contributed by atoms with Crippen LogP contribution in [0, 0.1) is 19.8 Å². The van der Waals surface area contributed by atoms with Crippen LogP contribution < -0.4 is 31.1 Å². The van der Waals surface area contributed by atoms with Crippen LogP contribution in [-0.2, 0) is 0 Å². The van der Waals surface area contributed by atoms with Crippen molar-refractivity contribution in [2.45, 2.75) is 119 Å². The molecule has 0 saturated heterocycles. The maximum atomic E-state index is 2.72. The quantitative estimate of drug-likeness (QED) is 0.198. The maximum Gasteiger partial charge on any atom is 0.104 e. The van der Waals surface area contributed by atoms with Crippen LogP contribution in [0.4, 0.5) is 0 Å². The van der Waals surface area contributed by atoms with Gasteiger partial charge in [-0.2, -0.15) is 0 Å². The Balaban J connectivity index is 2.06. The largest absolute Gasteiger partial charge is 0.104 e. The maximum absolute atomic E-state index is 2.72. The van der Waals surface area contributed by atoms with Crippen molar-refractivity contribution in [3.8, 4) is 0 Å². The van der Waals surface area contributed by atoms with Crippen molar-refractivity contribution in [3.05, 3.63) is 88.0 Å². The molecule has 3 aromatic carbocycles. The van der Waals surface area contributed by atoms with Gasteiger partial charge in [-0.1, -0.05) is 181 Å². The van der Waals surface area contributed by atoms with Crippen molar-refractivity contribution in [3.63, 3.8) is 0 Å². The van der Waals surface area contributed by atoms with Crippen molar-refractivity contribution in [1.29, 1.82) is 0 Å². The average Bonchev–Trinajstić information content (AvgIpc) is 3.11. The Labute approximate surface area is 289 Å². The lowest BCUT2D eigenvalue weighted by molar-refractivity contribution is 0.884. The number of aryl methyl sites for hydroxylation is 2. The summed E-state index contributed by atoms with van der Waals surface area (Å²) in [7, 11) is -7.75. The van der Waals surface area contributed by atoms with E-state index in [-0.39, 0.29) is 0 Å². The van der Waals surface area contributed by atoms with E-state index in [2.05, 4.69) is 168 Å². The SMILES string of the molecule is CC1=C(C)C(C[SiH](c2cc([Si](C)(C)C)cc([Si](C)(C)C)c2)c2cc([Si](C)(C)C)cc([Si](C)(C)C)c2)C(c2cc(C)cc(C)c2)=C1C. The third kappa shape index (κ3) is 8.08. The molecule has 0 N–H and O–H groups in total. The Bertz CT molecular complexity index is 1530. The van der Waals surface area contributed by atoms with E-state index in [0.717, 1.165) is 0 Å². The van der Waals surface area contributed by atoms with Gasteiger partial charge in [-0.05, 0) is 62.9 Å². The van der Waals surface area contributed by atoms with E-state index in [1.54, 1.807) is 42.3 Å². The van der Waals surface area contributed by atoms with Gasteiger partial charge in [-0.15, -0.1) is 0 Å². The van der Waals surface area contributed by atoms with Gasteiger partial charge in [0.2, 0.25) is 0 Å². The van der Waals surface area contributed by atoms with Gasteiger partial charge < -0.3 is 0 Å². The highest BCUT2D eigenvalue weighted by Crippen LogP contribution is 2.45. The Kier molecular flexibility index (Phi) is 10.4. The zero-order chi connectivity index (χ0) is 34.7. The fourth-order valence-electron chi connectivity index (χ4n) is 7.22. The summed E-state index contributed by atoms with van der Waals surface area (Å²) in [5.41, 5.74) is 10.4. The first-order chi connectivity index (χ1) is 20.9. The minimum atomic E-state index is -1.66. The minimum Gasteiger partial charge on any atom is -0.0656 e. The molecule has 46 heavy (non-hydrogen) atoms. The topological polar surface area (TPSA) is 0 Å². The molecule has 0 heterocycles. The van der Waals surface area contributed by atoms with Gasteiger partial charge in [-0.3, -0.25) is 0 Å². The fraction of sp³-hybridized carbons (Fsp3) is 0.463. The first-order valence-electron chi connectivity index (χ1n) is 17.7. The molecule has 0 bridgehead atoms. The van der Waals surface area contributed by atoms with E-state index in [4.69, 9.17) is 0 Å². The van der Waals surface area contributed by atoms with Crippen molar-refractivity contribution in [2.75, 3.05) is 0 Å². The highest BCUT2D eigenvalue weighted by Gasteiger charge is 2.35. The zero-order valence-electron chi connectivity index (χ0n) is 32.6. The van der Waals surface area contributed by atoms with Gasteiger partial charge in [0.05, 0.1) is 32.3 Å². The monoisotopic (exact) mass is 696 g/mol. The molecule has 0 saturated carbocycles. The van der Waals surface area contributed by atoms with Crippen LogP contribution in [0.3, 0.4) is 0 Å². The fourth-order valence-corrected chi connectivity index (χ4v) is 16.4. The molecule has 4 rings (SSSR count). The molecule has 1 unspecified atom stereocenters. The molecular weight excluding hydrogens is 633 g/mol. The van der Waals surface area contributed by atoms with Crippen LogP contribution in [0.1, 0.15) is 37.5 Å². The molecule has 1 aliphatic carbocycles. The molecule has 248 valence electrons. The van der Waals surface area contributed by atoms with Gasteiger partial charge >= 0.3 is 0 Å². The molecule has 0 radical (unpaired) electrons. The summed E-state index contributed by atoms with van der Waals surface area (Å²) in [5.74, 6) is 0.467. The van der Waals surface area contributed by atoms with Gasteiger partial charge in [0.15, 0.2) is 0 Å². The Morgan fingerprint density at radius 3 is 1.13 bits per heavy atom. The van der Waals surface area contributed by atoms with Gasteiger partial charge in [-0.25, -0.2) is 0 Å². The van der Waals surface area contributed by atoms with Crippen LogP contribution >= 0.6 is 0 Å². The highest BCUT2D eigenvalue weighted by molar-refractivity contribution is 6.95. The van der Waals surface area contributed by atoms with E-state index in [9.17, 15) is 0 Å². The summed E-state index contributed by atoms with van der Waals surface area (Å²) in [6.07, 6.45) is 0. The third-order valence-corrected chi connectivity index (χ3v) is 21.9. The van der Waals surface area contributed by atoms with Crippen LogP contribution in [0.15, 0.2) is 71.3 Å². The molecule has 0 spiro atoms. The van der Waals surface area contributed by atoms with Gasteiger partial charge in [0.1, 0.15) is 8.80 Å². The third-order valence-electron chi connectivity index (χ3n) is 10.6. The van der Waals surface area contributed by atoms with Gasteiger partial charge in [0.25, 0.3) is 0 Å². The van der Waals surface area contributed by atoms with E-state index < -0.39 is 41.1 Å². The molecule has 1 aliphatic rings. The van der Waals surface area contributed by atoms with Crippen LogP contribution in [0.25, 0.3) is 5.57 Å². The number of allylic oxidation sites excluding steroid dienone is 4. The summed E-state index contributed by atoms with van der Waals surface area (Å²) < 4.78 is 0. The zero-order valence-corrected chi connectivity index (χ0v) is 37.7. The number of hydrogen-bond donors (Lipinski definition) is 0. The molecule has 1 atom stereocenters. The molecular formula is C41H64Si5. The minimum absolute atomic E-state index is 0.467. The lowest BCUT2D eigenvalue weighted by Crippen LogP contribution is -2.55. The second-order valence-corrected chi connectivity index (χ2v) is 42.0. The molecule has 0 aromatic heterocycles. The Morgan fingerprint density at radius 2 is 0.804 bits per heavy atom. The molecule has 5 heteroatoms. The predicted octanol–water partition coefficient (Wildman–Crippen LogP) is 8.27. The van der Waals surface area contributed by atoms with E-state index in [1.165, 1.54) is 33.9 Å². The average molecular weight is 697 g/mol. The van der Waals surface area contributed by atoms with Crippen LogP contribution in [0.2, 0.25) is 84.6 Å². The lowest BCUT2D eigenvalue weighted by Gasteiger charge is -2.31. The van der Waals surface area contributed by atoms with Crippen molar-refractivity contribution in [2.24, 2.45) is 5.92 Å². The molecule has 0 amide bonds. The lowest BCUT2D eigenvalue weighted by atomic mass is 9.90. The summed E-state index contributed by atoms with van der Waals surface area (Å²) in [4.78, 5) is 0. The number of rotatable bonds is 9. The first kappa shape index (κ1) is 37.0. The Hall–Kier alpha value is -1.78.